The Labute approximate surface area is 231 Å². The number of rotatable bonds is 2. The summed E-state index contributed by atoms with van der Waals surface area (Å²) >= 11 is 3.36. The first-order valence-corrected chi connectivity index (χ1v) is 14.2. The fourth-order valence-electron chi connectivity index (χ4n) is 4.43. The summed E-state index contributed by atoms with van der Waals surface area (Å²) in [6.07, 6.45) is 0. The van der Waals surface area contributed by atoms with E-state index in [1.807, 2.05) is 37.3 Å². The van der Waals surface area contributed by atoms with Crippen molar-refractivity contribution in [2.75, 3.05) is 49.6 Å². The highest BCUT2D eigenvalue weighted by molar-refractivity contribution is 7.16. The Morgan fingerprint density at radius 2 is 1.68 bits per heavy atom. The maximum Gasteiger partial charge on any atom is 0.139 e. The number of hydrogen-bond acceptors (Lipinski definition) is 9. The number of nitrogens with zero attached hydrogens (tertiary/aromatic N) is 4. The van der Waals surface area contributed by atoms with Crippen LogP contribution in [0.15, 0.2) is 65.7 Å². The van der Waals surface area contributed by atoms with Gasteiger partial charge in [0.1, 0.15) is 21.9 Å². The fraction of sp³-hybridized carbons (Fsp3) is 0.241. The molecular weight excluding hydrogens is 511 g/mol. The summed E-state index contributed by atoms with van der Waals surface area (Å²) in [5, 5.41) is 17.8. The highest BCUT2D eigenvalue weighted by atomic mass is 32.1. The highest BCUT2D eigenvalue weighted by Gasteiger charge is 2.25. The Bertz CT molecular complexity index is 1500. The number of nitrogens with one attached hydrogen (secondary N) is 2. The molecule has 6 rings (SSSR count). The molecule has 0 aliphatic carbocycles. The van der Waals surface area contributed by atoms with Gasteiger partial charge in [0, 0.05) is 35.9 Å². The number of hydrogen-bond donors (Lipinski definition) is 3. The molecule has 0 radical (unpaired) electrons. The van der Waals surface area contributed by atoms with Crippen molar-refractivity contribution in [2.24, 2.45) is 4.99 Å². The third-order valence-corrected chi connectivity index (χ3v) is 8.39. The summed E-state index contributed by atoms with van der Waals surface area (Å²) in [5.41, 5.74) is 11.4. The summed E-state index contributed by atoms with van der Waals surface area (Å²) in [5.74, 6) is 1.12. The lowest BCUT2D eigenvalue weighted by molar-refractivity contribution is 0.216. The summed E-state index contributed by atoms with van der Waals surface area (Å²) < 4.78 is 0. The molecule has 194 valence electrons. The first kappa shape index (κ1) is 25.8. The molecule has 1 saturated heterocycles. The number of nitrogens with two attached hydrogens (primary N) is 1. The van der Waals surface area contributed by atoms with E-state index in [1.165, 1.54) is 15.4 Å². The highest BCUT2D eigenvalue weighted by Crippen LogP contribution is 2.39. The van der Waals surface area contributed by atoms with E-state index in [-0.39, 0.29) is 0 Å². The van der Waals surface area contributed by atoms with Crippen LogP contribution in [0, 0.1) is 25.2 Å². The lowest BCUT2D eigenvalue weighted by Gasteiger charge is -2.34. The molecule has 38 heavy (non-hydrogen) atoms. The topological polar surface area (TPSA) is 92.7 Å². The van der Waals surface area contributed by atoms with E-state index >= 15 is 0 Å². The van der Waals surface area contributed by atoms with Gasteiger partial charge in [0.05, 0.1) is 33.9 Å². The lowest BCUT2D eigenvalue weighted by Crippen LogP contribution is -2.47. The van der Waals surface area contributed by atoms with Gasteiger partial charge in [-0.25, -0.2) is 4.99 Å². The summed E-state index contributed by atoms with van der Waals surface area (Å²) in [7, 11) is 2.18. The smallest absolute Gasteiger partial charge is 0.139 e. The molecule has 7 nitrogen and oxygen atoms in total. The molecule has 0 saturated carbocycles. The number of amidine groups is 1. The van der Waals surface area contributed by atoms with Crippen molar-refractivity contribution in [3.8, 4) is 6.07 Å². The van der Waals surface area contributed by atoms with Crippen LogP contribution in [-0.4, -0.2) is 48.9 Å². The molecule has 2 aromatic heterocycles. The van der Waals surface area contributed by atoms with E-state index < -0.39 is 0 Å². The average Bonchev–Trinajstić information content (AvgIpc) is 3.42. The van der Waals surface area contributed by atoms with Gasteiger partial charge in [-0.05, 0) is 57.3 Å². The normalized spacial score (nSPS) is 14.6. The SMILES string of the molecule is Cc1cc(C#N)c(Nc2ccccc2N)s1.Cc1cc2c(s1)Nc1ccccc1N=C2N1CCN(C)CC1. The zero-order valence-electron chi connectivity index (χ0n) is 21.8. The standard InChI is InChI=1S/C17H20N4S.C12H11N3S/c1-12-11-13-16(21-9-7-20(2)8-10-21)18-14-5-3-4-6-15(14)19-17(13)22-12;1-8-6-9(7-13)12(16-8)15-11-5-3-2-4-10(11)14/h3-6,11,19H,7-10H2,1-2H3;2-6,15H,14H2,1H3. The van der Waals surface area contributed by atoms with Crippen molar-refractivity contribution < 1.29 is 0 Å². The molecule has 0 spiro atoms. The number of aryl methyl sites for hydroxylation is 2. The van der Waals surface area contributed by atoms with Gasteiger partial charge >= 0.3 is 0 Å². The number of thiophene rings is 2. The summed E-state index contributed by atoms with van der Waals surface area (Å²) in [6, 6.07) is 22.1. The van der Waals surface area contributed by atoms with Crippen molar-refractivity contribution in [1.29, 1.82) is 5.26 Å². The third kappa shape index (κ3) is 5.68. The second-order valence-corrected chi connectivity index (χ2v) is 11.9. The molecule has 0 unspecified atom stereocenters. The maximum absolute atomic E-state index is 8.96. The molecule has 0 bridgehead atoms. The first-order valence-electron chi connectivity index (χ1n) is 12.5. The minimum atomic E-state index is 0.658. The van der Waals surface area contributed by atoms with Crippen LogP contribution in [-0.2, 0) is 0 Å². The third-order valence-electron chi connectivity index (χ3n) is 6.46. The molecule has 0 atom stereocenters. The number of piperazine rings is 1. The number of anilines is 5. The van der Waals surface area contributed by atoms with Gasteiger partial charge in [-0.3, -0.25) is 0 Å². The number of aliphatic imine (C=N–C) groups is 1. The number of likely N-dealkylation sites (N-methyl/N-ethyl adjacent to an activating group) is 1. The number of para-hydroxylation sites is 4. The van der Waals surface area contributed by atoms with E-state index in [9.17, 15) is 0 Å². The van der Waals surface area contributed by atoms with E-state index in [2.05, 4.69) is 70.8 Å². The minimum absolute atomic E-state index is 0.658. The van der Waals surface area contributed by atoms with Crippen molar-refractivity contribution in [1.82, 2.24) is 9.80 Å². The quantitative estimate of drug-likeness (QED) is 0.245. The zero-order chi connectivity index (χ0) is 26.6. The van der Waals surface area contributed by atoms with Gasteiger partial charge in [0.15, 0.2) is 0 Å². The number of nitriles is 1. The summed E-state index contributed by atoms with van der Waals surface area (Å²) in [4.78, 5) is 12.2. The summed E-state index contributed by atoms with van der Waals surface area (Å²) in [6.45, 7) is 8.39. The average molecular weight is 542 g/mol. The maximum atomic E-state index is 8.96. The predicted molar refractivity (Wildman–Crippen MR) is 162 cm³/mol. The van der Waals surface area contributed by atoms with Crippen LogP contribution in [0.2, 0.25) is 0 Å². The molecule has 2 aliphatic heterocycles. The number of fused-ring (bicyclic) bond motifs is 2. The predicted octanol–water partition coefficient (Wildman–Crippen LogP) is 6.69. The lowest BCUT2D eigenvalue weighted by atomic mass is 10.2. The molecule has 9 heteroatoms. The van der Waals surface area contributed by atoms with Gasteiger partial charge in [-0.1, -0.05) is 24.3 Å². The largest absolute Gasteiger partial charge is 0.397 e. The van der Waals surface area contributed by atoms with Gasteiger partial charge in [0.25, 0.3) is 0 Å². The molecular formula is C29H31N7S2. The van der Waals surface area contributed by atoms with E-state index in [1.54, 1.807) is 22.7 Å². The van der Waals surface area contributed by atoms with Gasteiger partial charge in [-0.2, -0.15) is 5.26 Å². The number of nitrogen functional groups attached to an aromatic ring is 1. The van der Waals surface area contributed by atoms with Crippen molar-refractivity contribution in [2.45, 2.75) is 13.8 Å². The first-order chi connectivity index (χ1) is 18.4. The Kier molecular flexibility index (Phi) is 7.65. The second-order valence-electron chi connectivity index (χ2n) is 9.39. The molecule has 2 aromatic carbocycles. The Morgan fingerprint density at radius 1 is 0.974 bits per heavy atom. The molecule has 1 fully saturated rings. The van der Waals surface area contributed by atoms with Crippen LogP contribution < -0.4 is 16.4 Å². The zero-order valence-corrected chi connectivity index (χ0v) is 23.4. The van der Waals surface area contributed by atoms with Crippen LogP contribution in [0.25, 0.3) is 0 Å². The second kappa shape index (κ2) is 11.3. The van der Waals surface area contributed by atoms with Crippen molar-refractivity contribution in [3.05, 3.63) is 81.5 Å². The monoisotopic (exact) mass is 541 g/mol. The Morgan fingerprint density at radius 3 is 2.45 bits per heavy atom. The van der Waals surface area contributed by atoms with Gasteiger partial charge < -0.3 is 26.2 Å². The Hall–Kier alpha value is -3.84. The Balaban J connectivity index is 0.000000163. The molecule has 0 amide bonds. The number of benzene rings is 2. The molecule has 2 aliphatic rings. The van der Waals surface area contributed by atoms with Crippen LogP contribution >= 0.6 is 22.7 Å². The van der Waals surface area contributed by atoms with Gasteiger partial charge in [-0.15, -0.1) is 22.7 Å². The van der Waals surface area contributed by atoms with Gasteiger partial charge in [0.2, 0.25) is 0 Å². The fourth-order valence-corrected chi connectivity index (χ4v) is 6.22. The van der Waals surface area contributed by atoms with E-state index in [4.69, 9.17) is 16.0 Å². The van der Waals surface area contributed by atoms with Crippen LogP contribution in [0.4, 0.5) is 32.8 Å². The van der Waals surface area contributed by atoms with Crippen LogP contribution in [0.5, 0.6) is 0 Å². The van der Waals surface area contributed by atoms with Crippen molar-refractivity contribution >= 4 is 61.3 Å². The molecule has 4 N–H and O–H groups in total. The van der Waals surface area contributed by atoms with Crippen LogP contribution in [0.1, 0.15) is 20.9 Å². The van der Waals surface area contributed by atoms with E-state index in [0.717, 1.165) is 59.0 Å². The van der Waals surface area contributed by atoms with Crippen molar-refractivity contribution in [3.63, 3.8) is 0 Å². The minimum Gasteiger partial charge on any atom is -0.397 e. The molecule has 4 heterocycles. The van der Waals surface area contributed by atoms with E-state index in [0.29, 0.717) is 11.3 Å². The molecule has 4 aromatic rings. The van der Waals surface area contributed by atoms with Crippen LogP contribution in [0.3, 0.4) is 0 Å².